The predicted octanol–water partition coefficient (Wildman–Crippen LogP) is 4.07. The van der Waals surface area contributed by atoms with Gasteiger partial charge in [-0.25, -0.2) is 0 Å². The maximum Gasteiger partial charge on any atom is 0.0774 e. The van der Waals surface area contributed by atoms with Crippen molar-refractivity contribution in [3.63, 3.8) is 0 Å². The van der Waals surface area contributed by atoms with E-state index in [2.05, 4.69) is 65.3 Å². The number of nitrogens with zero attached hydrogens (tertiary/aromatic N) is 2. The standard InChI is InChI=1S/C22H26N2OS/c1-17-5-7-18(8-6-17)9-10-23-11-13-24(14-12-23)21-3-2-4-22-20(21)15-19(16-25)26-22/h2-8,15,25H,9-14,16H2,1H3. The summed E-state index contributed by atoms with van der Waals surface area (Å²) in [7, 11) is 0. The summed E-state index contributed by atoms with van der Waals surface area (Å²) in [5, 5.41) is 10.7. The first-order valence-electron chi connectivity index (χ1n) is 9.38. The van der Waals surface area contributed by atoms with Gasteiger partial charge in [0.15, 0.2) is 0 Å². The number of fused-ring (bicyclic) bond motifs is 1. The molecule has 2 heterocycles. The third-order valence-electron chi connectivity index (χ3n) is 5.30. The van der Waals surface area contributed by atoms with Crippen molar-refractivity contribution in [2.45, 2.75) is 20.0 Å². The average Bonchev–Trinajstić information content (AvgIpc) is 3.11. The molecule has 3 nitrogen and oxygen atoms in total. The van der Waals surface area contributed by atoms with Crippen molar-refractivity contribution >= 4 is 27.1 Å². The summed E-state index contributed by atoms with van der Waals surface area (Å²) in [5.74, 6) is 0. The summed E-state index contributed by atoms with van der Waals surface area (Å²) in [6, 6.07) is 17.6. The lowest BCUT2D eigenvalue weighted by Crippen LogP contribution is -2.47. The van der Waals surface area contributed by atoms with E-state index in [1.165, 1.54) is 26.9 Å². The van der Waals surface area contributed by atoms with E-state index in [1.807, 2.05) is 0 Å². The summed E-state index contributed by atoms with van der Waals surface area (Å²) in [5.41, 5.74) is 4.07. The van der Waals surface area contributed by atoms with E-state index in [9.17, 15) is 5.11 Å². The van der Waals surface area contributed by atoms with E-state index in [4.69, 9.17) is 0 Å². The molecular formula is C22H26N2OS. The fourth-order valence-corrected chi connectivity index (χ4v) is 4.65. The molecule has 26 heavy (non-hydrogen) atoms. The largest absolute Gasteiger partial charge is 0.391 e. The summed E-state index contributed by atoms with van der Waals surface area (Å²) < 4.78 is 1.27. The molecule has 0 spiro atoms. The Morgan fingerprint density at radius 3 is 2.50 bits per heavy atom. The number of anilines is 1. The Morgan fingerprint density at radius 2 is 1.77 bits per heavy atom. The van der Waals surface area contributed by atoms with Gasteiger partial charge in [0.2, 0.25) is 0 Å². The number of hydrogen-bond donors (Lipinski definition) is 1. The minimum absolute atomic E-state index is 0.131. The van der Waals surface area contributed by atoms with E-state index in [0.717, 1.165) is 44.0 Å². The highest BCUT2D eigenvalue weighted by Crippen LogP contribution is 2.33. The lowest BCUT2D eigenvalue weighted by atomic mass is 10.1. The number of aryl methyl sites for hydroxylation is 1. The van der Waals surface area contributed by atoms with Crippen molar-refractivity contribution in [2.75, 3.05) is 37.6 Å². The van der Waals surface area contributed by atoms with Gasteiger partial charge in [0, 0.05) is 53.4 Å². The van der Waals surface area contributed by atoms with Gasteiger partial charge in [0.05, 0.1) is 6.61 Å². The van der Waals surface area contributed by atoms with Crippen LogP contribution in [-0.2, 0) is 13.0 Å². The molecule has 1 aliphatic heterocycles. The third kappa shape index (κ3) is 3.78. The molecule has 4 rings (SSSR count). The average molecular weight is 367 g/mol. The van der Waals surface area contributed by atoms with Gasteiger partial charge in [-0.2, -0.15) is 0 Å². The topological polar surface area (TPSA) is 26.7 Å². The zero-order valence-electron chi connectivity index (χ0n) is 15.3. The van der Waals surface area contributed by atoms with Crippen LogP contribution < -0.4 is 4.90 Å². The van der Waals surface area contributed by atoms with Gasteiger partial charge in [-0.3, -0.25) is 4.90 Å². The number of rotatable bonds is 5. The van der Waals surface area contributed by atoms with Crippen molar-refractivity contribution in [1.82, 2.24) is 4.90 Å². The van der Waals surface area contributed by atoms with Crippen molar-refractivity contribution in [1.29, 1.82) is 0 Å². The molecule has 0 aliphatic carbocycles. The van der Waals surface area contributed by atoms with Gasteiger partial charge < -0.3 is 10.0 Å². The fourth-order valence-electron chi connectivity index (χ4n) is 3.71. The van der Waals surface area contributed by atoms with Crippen LogP contribution in [0.5, 0.6) is 0 Å². The van der Waals surface area contributed by atoms with E-state index in [-0.39, 0.29) is 6.61 Å². The molecule has 0 saturated carbocycles. The van der Waals surface area contributed by atoms with Crippen molar-refractivity contribution in [3.05, 3.63) is 64.5 Å². The Bertz CT molecular complexity index is 863. The zero-order valence-corrected chi connectivity index (χ0v) is 16.1. The van der Waals surface area contributed by atoms with Gasteiger partial charge in [0.1, 0.15) is 0 Å². The SMILES string of the molecule is Cc1ccc(CCN2CCN(c3cccc4sc(CO)cc34)CC2)cc1. The van der Waals surface area contributed by atoms with E-state index < -0.39 is 0 Å². The van der Waals surface area contributed by atoms with Crippen molar-refractivity contribution in [3.8, 4) is 0 Å². The van der Waals surface area contributed by atoms with Gasteiger partial charge in [-0.15, -0.1) is 11.3 Å². The Kier molecular flexibility index (Phi) is 5.25. The molecule has 3 aromatic rings. The highest BCUT2D eigenvalue weighted by atomic mass is 32.1. The smallest absolute Gasteiger partial charge is 0.0774 e. The number of aliphatic hydroxyl groups is 1. The number of benzene rings is 2. The number of piperazine rings is 1. The Hall–Kier alpha value is -1.88. The lowest BCUT2D eigenvalue weighted by molar-refractivity contribution is 0.261. The highest BCUT2D eigenvalue weighted by molar-refractivity contribution is 7.19. The van der Waals surface area contributed by atoms with E-state index >= 15 is 0 Å². The molecule has 0 atom stereocenters. The van der Waals surface area contributed by atoms with Crippen LogP contribution in [0.3, 0.4) is 0 Å². The Labute approximate surface area is 159 Å². The zero-order chi connectivity index (χ0) is 17.9. The van der Waals surface area contributed by atoms with E-state index in [0.29, 0.717) is 0 Å². The maximum atomic E-state index is 9.43. The highest BCUT2D eigenvalue weighted by Gasteiger charge is 2.19. The molecular weight excluding hydrogens is 340 g/mol. The first kappa shape index (κ1) is 17.5. The summed E-state index contributed by atoms with van der Waals surface area (Å²) in [4.78, 5) is 6.12. The molecule has 1 saturated heterocycles. The van der Waals surface area contributed by atoms with Crippen molar-refractivity contribution < 1.29 is 5.11 Å². The van der Waals surface area contributed by atoms with Gasteiger partial charge in [-0.05, 0) is 37.1 Å². The Balaban J connectivity index is 1.37. The van der Waals surface area contributed by atoms with Crippen LogP contribution in [0.25, 0.3) is 10.1 Å². The Morgan fingerprint density at radius 1 is 1.00 bits per heavy atom. The summed E-state index contributed by atoms with van der Waals surface area (Å²) in [6.45, 7) is 7.76. The quantitative estimate of drug-likeness (QED) is 0.737. The molecule has 4 heteroatoms. The molecule has 2 aromatic carbocycles. The third-order valence-corrected chi connectivity index (χ3v) is 6.38. The van der Waals surface area contributed by atoms with Gasteiger partial charge >= 0.3 is 0 Å². The molecule has 0 bridgehead atoms. The number of hydrogen-bond acceptors (Lipinski definition) is 4. The van der Waals surface area contributed by atoms with Gasteiger partial charge in [-0.1, -0.05) is 35.9 Å². The minimum Gasteiger partial charge on any atom is -0.391 e. The van der Waals surface area contributed by atoms with E-state index in [1.54, 1.807) is 11.3 Å². The molecule has 1 aliphatic rings. The molecule has 0 unspecified atom stereocenters. The maximum absolute atomic E-state index is 9.43. The predicted molar refractivity (Wildman–Crippen MR) is 111 cm³/mol. The molecule has 1 aromatic heterocycles. The summed E-state index contributed by atoms with van der Waals surface area (Å²) >= 11 is 1.70. The van der Waals surface area contributed by atoms with Crippen LogP contribution in [0, 0.1) is 6.92 Å². The molecule has 136 valence electrons. The second-order valence-electron chi connectivity index (χ2n) is 7.12. The van der Waals surface area contributed by atoms with Crippen LogP contribution in [0.15, 0.2) is 48.5 Å². The normalized spacial score (nSPS) is 15.7. The minimum atomic E-state index is 0.131. The lowest BCUT2D eigenvalue weighted by Gasteiger charge is -2.36. The van der Waals surface area contributed by atoms with Gasteiger partial charge in [0.25, 0.3) is 0 Å². The monoisotopic (exact) mass is 366 g/mol. The fraction of sp³-hybridized carbons (Fsp3) is 0.364. The second kappa shape index (κ2) is 7.78. The molecule has 0 radical (unpaired) electrons. The second-order valence-corrected chi connectivity index (χ2v) is 8.29. The van der Waals surface area contributed by atoms with Crippen LogP contribution >= 0.6 is 11.3 Å². The number of aliphatic hydroxyl groups excluding tert-OH is 1. The van der Waals surface area contributed by atoms with Crippen LogP contribution in [-0.4, -0.2) is 42.7 Å². The summed E-state index contributed by atoms with van der Waals surface area (Å²) in [6.07, 6.45) is 1.13. The van der Waals surface area contributed by atoms with Crippen LogP contribution in [0.4, 0.5) is 5.69 Å². The van der Waals surface area contributed by atoms with Crippen molar-refractivity contribution in [2.24, 2.45) is 0 Å². The molecule has 0 amide bonds. The number of thiophene rings is 1. The van der Waals surface area contributed by atoms with Crippen LogP contribution in [0.2, 0.25) is 0 Å². The molecule has 1 fully saturated rings. The molecule has 1 N–H and O–H groups in total. The first-order valence-corrected chi connectivity index (χ1v) is 10.2. The van der Waals surface area contributed by atoms with Crippen LogP contribution in [0.1, 0.15) is 16.0 Å². The first-order chi connectivity index (χ1) is 12.7.